The monoisotopic (exact) mass is 228 g/mol. The lowest BCUT2D eigenvalue weighted by molar-refractivity contribution is 0.167. The minimum Gasteiger partial charge on any atom is -0.490 e. The van der Waals surface area contributed by atoms with Gasteiger partial charge < -0.3 is 9.64 Å². The number of aromatic nitrogens is 1. The van der Waals surface area contributed by atoms with Crippen LogP contribution in [0.15, 0.2) is 24.5 Å². The molecule has 2 rings (SSSR count). The summed E-state index contributed by atoms with van der Waals surface area (Å²) >= 11 is 0. The molecule has 0 spiro atoms. The number of ether oxygens (including phenoxy) is 1. The lowest BCUT2D eigenvalue weighted by Gasteiger charge is -2.23. The predicted molar refractivity (Wildman–Crippen MR) is 62.6 cm³/mol. The van der Waals surface area contributed by atoms with Crippen LogP contribution in [0, 0.1) is 0 Å². The van der Waals surface area contributed by atoms with Gasteiger partial charge in [-0.2, -0.15) is 0 Å². The largest absolute Gasteiger partial charge is 0.490 e. The van der Waals surface area contributed by atoms with Gasteiger partial charge >= 0.3 is 0 Å². The lowest BCUT2D eigenvalue weighted by atomic mass is 10.3. The molecule has 15 heavy (non-hydrogen) atoms. The standard InChI is InChI=1S/C11H16N2O.ClH/c1-13(2)11(5-6-11)9-14-10-4-3-7-12-8-10;/h3-4,7-8H,5-6,9H2,1-2H3;1H. The van der Waals surface area contributed by atoms with Crippen LogP contribution in [0.4, 0.5) is 0 Å². The fourth-order valence-electron chi connectivity index (χ4n) is 1.52. The third-order valence-corrected chi connectivity index (χ3v) is 2.92. The molecule has 0 bridgehead atoms. The van der Waals surface area contributed by atoms with Gasteiger partial charge in [-0.1, -0.05) is 0 Å². The number of halogens is 1. The zero-order valence-corrected chi connectivity index (χ0v) is 9.96. The Hall–Kier alpha value is -0.800. The van der Waals surface area contributed by atoms with Crippen molar-refractivity contribution in [2.75, 3.05) is 20.7 Å². The quantitative estimate of drug-likeness (QED) is 0.788. The van der Waals surface area contributed by atoms with E-state index in [4.69, 9.17) is 4.74 Å². The van der Waals surface area contributed by atoms with Crippen molar-refractivity contribution < 1.29 is 4.74 Å². The van der Waals surface area contributed by atoms with E-state index in [-0.39, 0.29) is 17.9 Å². The summed E-state index contributed by atoms with van der Waals surface area (Å²) in [7, 11) is 4.22. The van der Waals surface area contributed by atoms with E-state index in [1.165, 1.54) is 12.8 Å². The van der Waals surface area contributed by atoms with Crippen LogP contribution < -0.4 is 4.74 Å². The van der Waals surface area contributed by atoms with Gasteiger partial charge in [0, 0.05) is 6.20 Å². The molecule has 0 aromatic carbocycles. The Labute approximate surface area is 96.9 Å². The number of hydrogen-bond donors (Lipinski definition) is 0. The summed E-state index contributed by atoms with van der Waals surface area (Å²) in [4.78, 5) is 6.27. The van der Waals surface area contributed by atoms with Gasteiger partial charge in [-0.25, -0.2) is 0 Å². The summed E-state index contributed by atoms with van der Waals surface area (Å²) in [5, 5.41) is 0. The molecule has 0 saturated heterocycles. The van der Waals surface area contributed by atoms with E-state index in [1.807, 2.05) is 12.1 Å². The van der Waals surface area contributed by atoms with Crippen molar-refractivity contribution >= 4 is 12.4 Å². The van der Waals surface area contributed by atoms with Crippen LogP contribution in [0.5, 0.6) is 5.75 Å². The van der Waals surface area contributed by atoms with Crippen molar-refractivity contribution in [2.45, 2.75) is 18.4 Å². The first-order chi connectivity index (χ1) is 6.73. The molecule has 4 heteroatoms. The van der Waals surface area contributed by atoms with Gasteiger partial charge in [0.2, 0.25) is 0 Å². The van der Waals surface area contributed by atoms with Crippen LogP contribution in [0.3, 0.4) is 0 Å². The van der Waals surface area contributed by atoms with Gasteiger partial charge in [0.25, 0.3) is 0 Å². The average molecular weight is 229 g/mol. The second-order valence-corrected chi connectivity index (χ2v) is 4.10. The second-order valence-electron chi connectivity index (χ2n) is 4.10. The molecule has 0 N–H and O–H groups in total. The number of likely N-dealkylation sites (N-methyl/N-ethyl adjacent to an activating group) is 1. The van der Waals surface area contributed by atoms with E-state index in [2.05, 4.69) is 24.0 Å². The number of rotatable bonds is 4. The van der Waals surface area contributed by atoms with Crippen molar-refractivity contribution in [2.24, 2.45) is 0 Å². The SMILES string of the molecule is CN(C)C1(COc2cccnc2)CC1.Cl. The third kappa shape index (κ3) is 2.83. The molecular formula is C11H17ClN2O. The van der Waals surface area contributed by atoms with Crippen LogP contribution in [0.1, 0.15) is 12.8 Å². The molecule has 1 aliphatic rings. The molecule has 0 atom stereocenters. The summed E-state index contributed by atoms with van der Waals surface area (Å²) in [5.41, 5.74) is 0.288. The Morgan fingerprint density at radius 3 is 2.67 bits per heavy atom. The van der Waals surface area contributed by atoms with E-state index < -0.39 is 0 Å². The van der Waals surface area contributed by atoms with Crippen LogP contribution in [-0.4, -0.2) is 36.1 Å². The number of nitrogens with zero attached hydrogens (tertiary/aromatic N) is 2. The third-order valence-electron chi connectivity index (χ3n) is 2.92. The van der Waals surface area contributed by atoms with E-state index in [0.29, 0.717) is 0 Å². The van der Waals surface area contributed by atoms with Crippen molar-refractivity contribution in [3.8, 4) is 5.75 Å². The van der Waals surface area contributed by atoms with Gasteiger partial charge in [-0.05, 0) is 39.1 Å². The summed E-state index contributed by atoms with van der Waals surface area (Å²) in [6.45, 7) is 0.770. The molecular weight excluding hydrogens is 212 g/mol. The van der Waals surface area contributed by atoms with Gasteiger partial charge in [-0.3, -0.25) is 4.98 Å². The first kappa shape index (κ1) is 12.3. The van der Waals surface area contributed by atoms with Crippen molar-refractivity contribution in [3.05, 3.63) is 24.5 Å². The van der Waals surface area contributed by atoms with Crippen LogP contribution in [0.25, 0.3) is 0 Å². The molecule has 1 fully saturated rings. The summed E-state index contributed by atoms with van der Waals surface area (Å²) in [5.74, 6) is 0.862. The van der Waals surface area contributed by atoms with Gasteiger partial charge in [-0.15, -0.1) is 12.4 Å². The maximum atomic E-state index is 5.69. The van der Waals surface area contributed by atoms with Crippen LogP contribution >= 0.6 is 12.4 Å². The summed E-state index contributed by atoms with van der Waals surface area (Å²) in [6.07, 6.45) is 5.98. The highest BCUT2D eigenvalue weighted by Gasteiger charge is 2.45. The van der Waals surface area contributed by atoms with Crippen molar-refractivity contribution in [1.82, 2.24) is 9.88 Å². The van der Waals surface area contributed by atoms with E-state index in [9.17, 15) is 0 Å². The van der Waals surface area contributed by atoms with E-state index in [1.54, 1.807) is 12.4 Å². The first-order valence-corrected chi connectivity index (χ1v) is 4.93. The number of hydrogen-bond acceptors (Lipinski definition) is 3. The van der Waals surface area contributed by atoms with Gasteiger partial charge in [0.05, 0.1) is 11.7 Å². The highest BCUT2D eigenvalue weighted by atomic mass is 35.5. The Balaban J connectivity index is 0.00000112. The minimum atomic E-state index is 0. The maximum Gasteiger partial charge on any atom is 0.137 e. The van der Waals surface area contributed by atoms with E-state index in [0.717, 1.165) is 12.4 Å². The summed E-state index contributed by atoms with van der Waals surface area (Å²) < 4.78 is 5.69. The predicted octanol–water partition coefficient (Wildman–Crippen LogP) is 1.98. The molecule has 0 unspecified atom stereocenters. The Bertz CT molecular complexity index is 299. The van der Waals surface area contributed by atoms with Crippen molar-refractivity contribution in [1.29, 1.82) is 0 Å². The lowest BCUT2D eigenvalue weighted by Crippen LogP contribution is -2.35. The first-order valence-electron chi connectivity index (χ1n) is 4.93. The molecule has 3 nitrogen and oxygen atoms in total. The second kappa shape index (κ2) is 4.81. The minimum absolute atomic E-state index is 0. The molecule has 0 aliphatic heterocycles. The zero-order valence-electron chi connectivity index (χ0n) is 9.14. The normalized spacial score (nSPS) is 17.0. The Morgan fingerprint density at radius 2 is 2.20 bits per heavy atom. The van der Waals surface area contributed by atoms with Gasteiger partial charge in [0.1, 0.15) is 12.4 Å². The molecule has 0 amide bonds. The highest BCUT2D eigenvalue weighted by molar-refractivity contribution is 5.85. The molecule has 0 radical (unpaired) electrons. The van der Waals surface area contributed by atoms with Gasteiger partial charge in [0.15, 0.2) is 0 Å². The molecule has 1 heterocycles. The number of pyridine rings is 1. The van der Waals surface area contributed by atoms with Crippen LogP contribution in [-0.2, 0) is 0 Å². The van der Waals surface area contributed by atoms with E-state index >= 15 is 0 Å². The van der Waals surface area contributed by atoms with Crippen LogP contribution in [0.2, 0.25) is 0 Å². The smallest absolute Gasteiger partial charge is 0.137 e. The zero-order chi connectivity index (χ0) is 10.0. The Morgan fingerprint density at radius 1 is 1.47 bits per heavy atom. The molecule has 84 valence electrons. The molecule has 1 aliphatic carbocycles. The topological polar surface area (TPSA) is 25.4 Å². The highest BCUT2D eigenvalue weighted by Crippen LogP contribution is 2.40. The fraction of sp³-hybridized carbons (Fsp3) is 0.545. The summed E-state index contributed by atoms with van der Waals surface area (Å²) in [6, 6.07) is 3.84. The average Bonchev–Trinajstić information content (AvgIpc) is 2.97. The maximum absolute atomic E-state index is 5.69. The van der Waals surface area contributed by atoms with Crippen molar-refractivity contribution in [3.63, 3.8) is 0 Å². The fourth-order valence-corrected chi connectivity index (χ4v) is 1.52. The molecule has 1 saturated carbocycles. The molecule has 1 aromatic rings. The molecule has 1 aromatic heterocycles. The Kier molecular flexibility index (Phi) is 3.94.